The van der Waals surface area contributed by atoms with Gasteiger partial charge in [0.1, 0.15) is 18.1 Å². The molecule has 7 heteroatoms. The van der Waals surface area contributed by atoms with E-state index < -0.39 is 0 Å². The summed E-state index contributed by atoms with van der Waals surface area (Å²) >= 11 is 6.21. The Bertz CT molecular complexity index is 1200. The summed E-state index contributed by atoms with van der Waals surface area (Å²) in [6.07, 6.45) is 1.58. The van der Waals surface area contributed by atoms with Crippen LogP contribution in [0.5, 0.6) is 5.75 Å². The van der Waals surface area contributed by atoms with Crippen LogP contribution in [0.4, 0.5) is 0 Å². The van der Waals surface area contributed by atoms with E-state index in [4.69, 9.17) is 16.3 Å². The molecule has 0 atom stereocenters. The lowest BCUT2D eigenvalue weighted by atomic mass is 10.1. The van der Waals surface area contributed by atoms with Gasteiger partial charge in [0.05, 0.1) is 11.9 Å². The highest BCUT2D eigenvalue weighted by Crippen LogP contribution is 2.30. The molecule has 1 heterocycles. The molecule has 1 amide bonds. The standard InChI is InChI=1S/C24H19ClN4O2/c25-20-12-6-4-10-18(20)16-31-23-13-7-5-11-19(23)21-14-22(28-27-21)24(30)29-26-15-17-8-2-1-3-9-17/h1-15H,16H2,(H,27,28)(H,29,30)/b26-15-. The molecule has 154 valence electrons. The summed E-state index contributed by atoms with van der Waals surface area (Å²) in [5.74, 6) is 0.253. The van der Waals surface area contributed by atoms with Crippen molar-refractivity contribution in [2.75, 3.05) is 0 Å². The summed E-state index contributed by atoms with van der Waals surface area (Å²) in [6, 6.07) is 26.2. The molecule has 0 unspecified atom stereocenters. The van der Waals surface area contributed by atoms with Gasteiger partial charge in [0, 0.05) is 16.1 Å². The van der Waals surface area contributed by atoms with E-state index in [0.717, 1.165) is 16.7 Å². The molecular formula is C24H19ClN4O2. The molecule has 6 nitrogen and oxygen atoms in total. The maximum absolute atomic E-state index is 12.4. The van der Waals surface area contributed by atoms with E-state index in [1.54, 1.807) is 12.3 Å². The maximum Gasteiger partial charge on any atom is 0.289 e. The molecule has 0 radical (unpaired) electrons. The summed E-state index contributed by atoms with van der Waals surface area (Å²) in [5.41, 5.74) is 5.91. The topological polar surface area (TPSA) is 79.4 Å². The Morgan fingerprint density at radius 2 is 1.77 bits per heavy atom. The number of rotatable bonds is 7. The van der Waals surface area contributed by atoms with E-state index in [1.807, 2.05) is 78.9 Å². The van der Waals surface area contributed by atoms with E-state index in [0.29, 0.717) is 28.8 Å². The molecule has 0 spiro atoms. The van der Waals surface area contributed by atoms with E-state index in [2.05, 4.69) is 20.7 Å². The van der Waals surface area contributed by atoms with Crippen LogP contribution in [0.25, 0.3) is 11.3 Å². The average Bonchev–Trinajstić information content (AvgIpc) is 3.30. The van der Waals surface area contributed by atoms with Gasteiger partial charge < -0.3 is 4.74 Å². The monoisotopic (exact) mass is 430 g/mol. The van der Waals surface area contributed by atoms with Crippen LogP contribution in [0.1, 0.15) is 21.6 Å². The number of aromatic nitrogens is 2. The van der Waals surface area contributed by atoms with Gasteiger partial charge in [-0.25, -0.2) is 5.43 Å². The summed E-state index contributed by atoms with van der Waals surface area (Å²) in [6.45, 7) is 0.322. The fraction of sp³-hybridized carbons (Fsp3) is 0.0417. The smallest absolute Gasteiger partial charge is 0.289 e. The number of halogens is 1. The Kier molecular flexibility index (Phi) is 6.40. The highest BCUT2D eigenvalue weighted by molar-refractivity contribution is 6.31. The second-order valence-corrected chi connectivity index (χ2v) is 7.06. The third-order valence-corrected chi connectivity index (χ3v) is 4.87. The number of carbonyl (C=O) groups is 1. The first-order valence-electron chi connectivity index (χ1n) is 9.60. The van der Waals surface area contributed by atoms with Crippen molar-refractivity contribution in [1.29, 1.82) is 0 Å². The van der Waals surface area contributed by atoms with Crippen LogP contribution in [0.3, 0.4) is 0 Å². The predicted octanol–water partition coefficient (Wildman–Crippen LogP) is 5.07. The van der Waals surface area contributed by atoms with Crippen molar-refractivity contribution in [1.82, 2.24) is 15.6 Å². The van der Waals surface area contributed by atoms with Crippen LogP contribution in [-0.4, -0.2) is 22.3 Å². The first-order valence-corrected chi connectivity index (χ1v) is 9.98. The van der Waals surface area contributed by atoms with Gasteiger partial charge in [0.2, 0.25) is 0 Å². The SMILES string of the molecule is O=C(N/N=C\c1ccccc1)c1cc(-c2ccccc2OCc2ccccc2Cl)n[nH]1. The molecule has 0 fully saturated rings. The van der Waals surface area contributed by atoms with E-state index in [1.165, 1.54) is 0 Å². The van der Waals surface area contributed by atoms with Crippen molar-refractivity contribution in [3.8, 4) is 17.0 Å². The Labute approximate surface area is 184 Å². The normalized spacial score (nSPS) is 10.9. The Balaban J connectivity index is 1.45. The molecule has 31 heavy (non-hydrogen) atoms. The van der Waals surface area contributed by atoms with Gasteiger partial charge >= 0.3 is 0 Å². The fourth-order valence-corrected chi connectivity index (χ4v) is 3.11. The molecule has 0 aliphatic rings. The number of benzene rings is 3. The zero-order valence-electron chi connectivity index (χ0n) is 16.5. The molecule has 2 N–H and O–H groups in total. The lowest BCUT2D eigenvalue weighted by molar-refractivity contribution is 0.0950. The highest BCUT2D eigenvalue weighted by Gasteiger charge is 2.14. The van der Waals surface area contributed by atoms with E-state index in [9.17, 15) is 4.79 Å². The van der Waals surface area contributed by atoms with Gasteiger partial charge in [0.25, 0.3) is 5.91 Å². The minimum absolute atomic E-state index is 0.293. The van der Waals surface area contributed by atoms with E-state index in [-0.39, 0.29) is 5.91 Å². The number of hydrogen-bond donors (Lipinski definition) is 2. The minimum atomic E-state index is -0.389. The van der Waals surface area contributed by atoms with E-state index >= 15 is 0 Å². The van der Waals surface area contributed by atoms with Crippen LogP contribution in [0.15, 0.2) is 90.0 Å². The first kappa shape index (κ1) is 20.4. The number of H-pyrrole nitrogens is 1. The van der Waals surface area contributed by atoms with Crippen LogP contribution < -0.4 is 10.2 Å². The number of ether oxygens (including phenoxy) is 1. The third-order valence-electron chi connectivity index (χ3n) is 4.51. The largest absolute Gasteiger partial charge is 0.488 e. The zero-order chi connectivity index (χ0) is 21.5. The number of hydrazone groups is 1. The lowest BCUT2D eigenvalue weighted by Crippen LogP contribution is -2.17. The molecular weight excluding hydrogens is 412 g/mol. The van der Waals surface area contributed by atoms with Crippen molar-refractivity contribution >= 4 is 23.7 Å². The molecule has 0 saturated carbocycles. The van der Waals surface area contributed by atoms with Crippen molar-refractivity contribution < 1.29 is 9.53 Å². The fourth-order valence-electron chi connectivity index (χ4n) is 2.92. The third kappa shape index (κ3) is 5.18. The quantitative estimate of drug-likeness (QED) is 0.317. The molecule has 1 aromatic heterocycles. The predicted molar refractivity (Wildman–Crippen MR) is 121 cm³/mol. The average molecular weight is 431 g/mol. The Hall–Kier alpha value is -3.90. The second kappa shape index (κ2) is 9.73. The summed E-state index contributed by atoms with van der Waals surface area (Å²) < 4.78 is 5.98. The molecule has 0 saturated heterocycles. The summed E-state index contributed by atoms with van der Waals surface area (Å²) in [5, 5.41) is 11.6. The van der Waals surface area contributed by atoms with Crippen LogP contribution in [0.2, 0.25) is 5.02 Å². The van der Waals surface area contributed by atoms with Crippen molar-refractivity contribution in [3.05, 3.63) is 107 Å². The molecule has 4 aromatic rings. The highest BCUT2D eigenvalue weighted by atomic mass is 35.5. The van der Waals surface area contributed by atoms with Gasteiger partial charge in [-0.1, -0.05) is 72.3 Å². The number of para-hydroxylation sites is 1. The summed E-state index contributed by atoms with van der Waals surface area (Å²) in [7, 11) is 0. The number of nitrogens with one attached hydrogen (secondary N) is 2. The van der Waals surface area contributed by atoms with Crippen LogP contribution >= 0.6 is 11.6 Å². The Morgan fingerprint density at radius 3 is 2.61 bits per heavy atom. The molecule has 0 aliphatic heterocycles. The van der Waals surface area contributed by atoms with Crippen molar-refractivity contribution in [2.24, 2.45) is 5.10 Å². The number of aromatic amines is 1. The summed E-state index contributed by atoms with van der Waals surface area (Å²) in [4.78, 5) is 12.4. The van der Waals surface area contributed by atoms with Gasteiger partial charge in [-0.3, -0.25) is 9.89 Å². The molecule has 0 aliphatic carbocycles. The number of amides is 1. The molecule has 3 aromatic carbocycles. The van der Waals surface area contributed by atoms with Gasteiger partial charge in [0.15, 0.2) is 0 Å². The molecule has 4 rings (SSSR count). The lowest BCUT2D eigenvalue weighted by Gasteiger charge is -2.11. The zero-order valence-corrected chi connectivity index (χ0v) is 17.2. The number of carbonyl (C=O) groups excluding carboxylic acids is 1. The maximum atomic E-state index is 12.4. The minimum Gasteiger partial charge on any atom is -0.488 e. The van der Waals surface area contributed by atoms with Crippen molar-refractivity contribution in [2.45, 2.75) is 6.61 Å². The van der Waals surface area contributed by atoms with Crippen LogP contribution in [0, 0.1) is 0 Å². The molecule has 0 bridgehead atoms. The number of nitrogens with zero attached hydrogens (tertiary/aromatic N) is 2. The van der Waals surface area contributed by atoms with Crippen molar-refractivity contribution in [3.63, 3.8) is 0 Å². The van der Waals surface area contributed by atoms with Crippen LogP contribution in [-0.2, 0) is 6.61 Å². The van der Waals surface area contributed by atoms with Gasteiger partial charge in [-0.15, -0.1) is 0 Å². The van der Waals surface area contributed by atoms with Gasteiger partial charge in [-0.05, 0) is 29.8 Å². The Morgan fingerprint density at radius 1 is 1.03 bits per heavy atom. The number of hydrogen-bond acceptors (Lipinski definition) is 4. The second-order valence-electron chi connectivity index (χ2n) is 6.65. The van der Waals surface area contributed by atoms with Gasteiger partial charge in [-0.2, -0.15) is 10.2 Å². The first-order chi connectivity index (χ1) is 15.2.